The lowest BCUT2D eigenvalue weighted by atomic mass is 10.1. The first-order valence-corrected chi connectivity index (χ1v) is 3.12. The van der Waals surface area contributed by atoms with Crippen molar-refractivity contribution in [1.82, 2.24) is 5.32 Å². The molecule has 0 aromatic heterocycles. The molecule has 0 bridgehead atoms. The van der Waals surface area contributed by atoms with Gasteiger partial charge in [0.2, 0.25) is 0 Å². The van der Waals surface area contributed by atoms with Crippen LogP contribution in [0.15, 0.2) is 0 Å². The van der Waals surface area contributed by atoms with Crippen LogP contribution < -0.4 is 5.32 Å². The van der Waals surface area contributed by atoms with Crippen molar-refractivity contribution in [3.63, 3.8) is 0 Å². The zero-order valence-electron chi connectivity index (χ0n) is 4.65. The Morgan fingerprint density at radius 2 is 1.86 bits per heavy atom. The Bertz CT molecular complexity index is 80.2. The minimum absolute atomic E-state index is 0.940. The van der Waals surface area contributed by atoms with Gasteiger partial charge >= 0.3 is 0 Å². The summed E-state index contributed by atoms with van der Waals surface area (Å²) in [6.45, 7) is 2.34. The van der Waals surface area contributed by atoms with Gasteiger partial charge in [0.15, 0.2) is 0 Å². The van der Waals surface area contributed by atoms with Gasteiger partial charge in [0.1, 0.15) is 0 Å². The van der Waals surface area contributed by atoms with Crippen LogP contribution in [0.3, 0.4) is 0 Å². The molecule has 1 heterocycles. The van der Waals surface area contributed by atoms with Crippen LogP contribution >= 0.6 is 0 Å². The van der Waals surface area contributed by atoms with Gasteiger partial charge < -0.3 is 5.32 Å². The van der Waals surface area contributed by atoms with Crippen molar-refractivity contribution < 1.29 is 0 Å². The highest BCUT2D eigenvalue weighted by molar-refractivity contribution is 5.04. The second-order valence-corrected chi connectivity index (χ2v) is 2.96. The Morgan fingerprint density at radius 1 is 1.29 bits per heavy atom. The maximum atomic E-state index is 3.40. The summed E-state index contributed by atoms with van der Waals surface area (Å²) in [6, 6.07) is 1.88. The predicted molar refractivity (Wildman–Crippen MR) is 29.1 cm³/mol. The molecule has 40 valence electrons. The van der Waals surface area contributed by atoms with E-state index in [-0.39, 0.29) is 0 Å². The van der Waals surface area contributed by atoms with Gasteiger partial charge in [-0.25, -0.2) is 0 Å². The van der Waals surface area contributed by atoms with E-state index >= 15 is 0 Å². The van der Waals surface area contributed by atoms with Crippen LogP contribution in [0.25, 0.3) is 0 Å². The molecule has 0 aromatic rings. The van der Waals surface area contributed by atoms with Gasteiger partial charge in [-0.3, -0.25) is 0 Å². The van der Waals surface area contributed by atoms with Crippen LogP contribution in [-0.4, -0.2) is 12.1 Å². The first kappa shape index (κ1) is 3.90. The van der Waals surface area contributed by atoms with Crippen molar-refractivity contribution >= 4 is 0 Å². The molecule has 2 fully saturated rings. The van der Waals surface area contributed by atoms with E-state index in [0.717, 1.165) is 18.0 Å². The maximum absolute atomic E-state index is 3.40. The summed E-state index contributed by atoms with van der Waals surface area (Å²) in [6.07, 6.45) is 2.87. The molecular weight excluding hydrogens is 86.1 g/mol. The SMILES string of the molecule is CC1CC2NC2C1. The van der Waals surface area contributed by atoms with Gasteiger partial charge in [0, 0.05) is 12.1 Å². The molecule has 0 aromatic carbocycles. The molecule has 0 spiro atoms. The predicted octanol–water partition coefficient (Wildman–Crippen LogP) is 0.757. The molecule has 1 aliphatic carbocycles. The molecule has 2 aliphatic rings. The number of hydrogen-bond donors (Lipinski definition) is 1. The van der Waals surface area contributed by atoms with Crippen LogP contribution in [0.2, 0.25) is 0 Å². The van der Waals surface area contributed by atoms with E-state index in [1.165, 1.54) is 12.8 Å². The summed E-state index contributed by atoms with van der Waals surface area (Å²) < 4.78 is 0. The van der Waals surface area contributed by atoms with Crippen molar-refractivity contribution in [3.8, 4) is 0 Å². The Balaban J connectivity index is 2.02. The van der Waals surface area contributed by atoms with E-state index in [4.69, 9.17) is 0 Å². The molecule has 1 nitrogen and oxygen atoms in total. The van der Waals surface area contributed by atoms with Crippen molar-refractivity contribution in [1.29, 1.82) is 0 Å². The average molecular weight is 97.2 g/mol. The molecule has 1 aliphatic heterocycles. The van der Waals surface area contributed by atoms with Gasteiger partial charge in [-0.15, -0.1) is 0 Å². The minimum atomic E-state index is 0.940. The second kappa shape index (κ2) is 1.03. The van der Waals surface area contributed by atoms with Gasteiger partial charge in [0.05, 0.1) is 0 Å². The highest BCUT2D eigenvalue weighted by Crippen LogP contribution is 2.34. The number of nitrogens with one attached hydrogen (secondary N) is 1. The molecule has 7 heavy (non-hydrogen) atoms. The standard InChI is InChI=1S/C6H11N/c1-4-2-5-6(3-4)7-5/h4-7H,2-3H2,1H3. The number of fused-ring (bicyclic) bond motifs is 1. The van der Waals surface area contributed by atoms with E-state index in [2.05, 4.69) is 12.2 Å². The Labute approximate surface area is 44.1 Å². The van der Waals surface area contributed by atoms with Gasteiger partial charge in [-0.1, -0.05) is 6.92 Å². The lowest BCUT2D eigenvalue weighted by molar-refractivity contribution is 0.544. The molecule has 0 radical (unpaired) electrons. The fourth-order valence-electron chi connectivity index (χ4n) is 1.65. The van der Waals surface area contributed by atoms with Crippen LogP contribution in [0.4, 0.5) is 0 Å². The third-order valence-electron chi connectivity index (χ3n) is 2.12. The monoisotopic (exact) mass is 97.1 g/mol. The number of hydrogen-bond acceptors (Lipinski definition) is 1. The van der Waals surface area contributed by atoms with E-state index in [1.54, 1.807) is 0 Å². The summed E-state index contributed by atoms with van der Waals surface area (Å²) in [7, 11) is 0. The van der Waals surface area contributed by atoms with E-state index in [9.17, 15) is 0 Å². The fourth-order valence-corrected chi connectivity index (χ4v) is 1.65. The van der Waals surface area contributed by atoms with E-state index < -0.39 is 0 Å². The van der Waals surface area contributed by atoms with Crippen molar-refractivity contribution in [2.45, 2.75) is 31.8 Å². The molecule has 2 unspecified atom stereocenters. The molecule has 0 amide bonds. The highest BCUT2D eigenvalue weighted by Gasteiger charge is 2.43. The lowest BCUT2D eigenvalue weighted by Crippen LogP contribution is -1.99. The molecule has 2 rings (SSSR count). The average Bonchev–Trinajstić information content (AvgIpc) is 2.15. The van der Waals surface area contributed by atoms with Crippen LogP contribution in [0, 0.1) is 5.92 Å². The minimum Gasteiger partial charge on any atom is -0.308 e. The Kier molecular flexibility index (Phi) is 0.571. The van der Waals surface area contributed by atoms with Crippen molar-refractivity contribution in [2.24, 2.45) is 5.92 Å². The third-order valence-corrected chi connectivity index (χ3v) is 2.12. The van der Waals surface area contributed by atoms with Gasteiger partial charge in [-0.05, 0) is 18.8 Å². The van der Waals surface area contributed by atoms with Crippen molar-refractivity contribution in [2.75, 3.05) is 0 Å². The Morgan fingerprint density at radius 3 is 2.14 bits per heavy atom. The zero-order valence-corrected chi connectivity index (χ0v) is 4.65. The molecule has 1 heteroatoms. The summed E-state index contributed by atoms with van der Waals surface area (Å²) >= 11 is 0. The Hall–Kier alpha value is -0.0400. The highest BCUT2D eigenvalue weighted by atomic mass is 15.2. The summed E-state index contributed by atoms with van der Waals surface area (Å²) in [5.74, 6) is 1.01. The smallest absolute Gasteiger partial charge is 0.0227 e. The summed E-state index contributed by atoms with van der Waals surface area (Å²) in [5, 5.41) is 3.40. The number of rotatable bonds is 0. The molecule has 2 atom stereocenters. The maximum Gasteiger partial charge on any atom is 0.0227 e. The topological polar surface area (TPSA) is 21.9 Å². The fraction of sp³-hybridized carbons (Fsp3) is 1.00. The quantitative estimate of drug-likeness (QED) is 0.443. The molecule has 1 saturated heterocycles. The molecular formula is C6H11N. The van der Waals surface area contributed by atoms with E-state index in [0.29, 0.717) is 0 Å². The first-order valence-electron chi connectivity index (χ1n) is 3.12. The summed E-state index contributed by atoms with van der Waals surface area (Å²) in [4.78, 5) is 0. The normalized spacial score (nSPS) is 57.0. The van der Waals surface area contributed by atoms with Crippen LogP contribution in [0.5, 0.6) is 0 Å². The van der Waals surface area contributed by atoms with Gasteiger partial charge in [-0.2, -0.15) is 0 Å². The van der Waals surface area contributed by atoms with Crippen LogP contribution in [0.1, 0.15) is 19.8 Å². The van der Waals surface area contributed by atoms with Crippen LogP contribution in [-0.2, 0) is 0 Å². The lowest BCUT2D eigenvalue weighted by Gasteiger charge is -1.99. The largest absolute Gasteiger partial charge is 0.308 e. The summed E-state index contributed by atoms with van der Waals surface area (Å²) in [5.41, 5.74) is 0. The second-order valence-electron chi connectivity index (χ2n) is 2.96. The first-order chi connectivity index (χ1) is 3.36. The van der Waals surface area contributed by atoms with Gasteiger partial charge in [0.25, 0.3) is 0 Å². The van der Waals surface area contributed by atoms with Crippen molar-refractivity contribution in [3.05, 3.63) is 0 Å². The number of piperidine rings is 1. The third kappa shape index (κ3) is 0.480. The molecule has 1 N–H and O–H groups in total. The molecule has 1 saturated carbocycles. The zero-order chi connectivity index (χ0) is 4.85. The van der Waals surface area contributed by atoms with E-state index in [1.807, 2.05) is 0 Å².